The maximum atomic E-state index is 10.6. The second kappa shape index (κ2) is 6.91. The van der Waals surface area contributed by atoms with E-state index in [0.717, 1.165) is 0 Å². The van der Waals surface area contributed by atoms with Gasteiger partial charge in [0.25, 0.3) is 0 Å². The van der Waals surface area contributed by atoms with E-state index in [-0.39, 0.29) is 0 Å². The van der Waals surface area contributed by atoms with Crippen molar-refractivity contribution in [3.63, 3.8) is 0 Å². The maximum Gasteiger partial charge on any atom is 0.123 e. The van der Waals surface area contributed by atoms with Crippen LogP contribution in [0.1, 0.15) is 17.4 Å². The Bertz CT molecular complexity index is 604. The number of hydrogen-bond donors (Lipinski definition) is 1. The molecule has 2 aromatic rings. The highest BCUT2D eigenvalue weighted by molar-refractivity contribution is 9.10. The minimum absolute atomic E-state index is 0.452. The van der Waals surface area contributed by atoms with Gasteiger partial charge in [-0.05, 0) is 34.1 Å². The number of benzene rings is 1. The van der Waals surface area contributed by atoms with Crippen molar-refractivity contribution < 1.29 is 9.84 Å². The summed E-state index contributed by atoms with van der Waals surface area (Å²) in [7, 11) is 1.61. The summed E-state index contributed by atoms with van der Waals surface area (Å²) >= 11 is 15.5. The quantitative estimate of drug-likeness (QED) is 0.861. The number of ether oxygens (including phenoxy) is 1. The van der Waals surface area contributed by atoms with Gasteiger partial charge in [0.05, 0.1) is 29.5 Å². The van der Waals surface area contributed by atoms with E-state index >= 15 is 0 Å². The lowest BCUT2D eigenvalue weighted by Gasteiger charge is -2.16. The molecule has 0 aliphatic carbocycles. The van der Waals surface area contributed by atoms with Gasteiger partial charge < -0.3 is 9.84 Å². The van der Waals surface area contributed by atoms with Crippen LogP contribution in [0.5, 0.6) is 0 Å². The molecule has 0 aliphatic heterocycles. The predicted molar refractivity (Wildman–Crippen MR) is 82.3 cm³/mol. The molecule has 7 heteroatoms. The molecule has 0 aliphatic rings. The van der Waals surface area contributed by atoms with Crippen molar-refractivity contribution in [2.75, 3.05) is 13.7 Å². The molecule has 0 spiro atoms. The number of aromatic nitrogens is 2. The molecule has 0 saturated heterocycles. The van der Waals surface area contributed by atoms with Crippen LogP contribution in [-0.2, 0) is 11.3 Å². The molecule has 0 saturated carbocycles. The van der Waals surface area contributed by atoms with E-state index in [2.05, 4.69) is 21.0 Å². The van der Waals surface area contributed by atoms with Crippen molar-refractivity contribution >= 4 is 39.1 Å². The number of halogens is 3. The average Bonchev–Trinajstić information content (AvgIpc) is 2.79. The smallest absolute Gasteiger partial charge is 0.123 e. The van der Waals surface area contributed by atoms with E-state index in [1.165, 1.54) is 0 Å². The highest BCUT2D eigenvalue weighted by Gasteiger charge is 2.22. The third-order valence-corrected chi connectivity index (χ3v) is 4.04. The van der Waals surface area contributed by atoms with Gasteiger partial charge in [-0.2, -0.15) is 5.10 Å². The van der Waals surface area contributed by atoms with Crippen molar-refractivity contribution in [3.8, 4) is 0 Å². The molecule has 1 atom stereocenters. The number of methoxy groups -OCH3 is 1. The van der Waals surface area contributed by atoms with E-state index in [0.29, 0.717) is 38.9 Å². The van der Waals surface area contributed by atoms with Gasteiger partial charge in [-0.25, -0.2) is 0 Å². The van der Waals surface area contributed by atoms with Gasteiger partial charge in [-0.1, -0.05) is 23.2 Å². The van der Waals surface area contributed by atoms with Crippen LogP contribution in [-0.4, -0.2) is 28.6 Å². The lowest BCUT2D eigenvalue weighted by molar-refractivity contribution is 0.171. The molecule has 1 unspecified atom stereocenters. The van der Waals surface area contributed by atoms with Crippen LogP contribution in [0, 0.1) is 0 Å². The van der Waals surface area contributed by atoms with E-state index in [9.17, 15) is 5.11 Å². The summed E-state index contributed by atoms with van der Waals surface area (Å²) in [5, 5.41) is 15.7. The molecule has 0 fully saturated rings. The molecule has 20 heavy (non-hydrogen) atoms. The van der Waals surface area contributed by atoms with E-state index in [1.807, 2.05) is 0 Å². The van der Waals surface area contributed by atoms with Gasteiger partial charge in [-0.3, -0.25) is 4.68 Å². The Labute approximate surface area is 135 Å². The van der Waals surface area contributed by atoms with Crippen LogP contribution in [0.15, 0.2) is 28.9 Å². The number of nitrogens with zero attached hydrogens (tertiary/aromatic N) is 2. The lowest BCUT2D eigenvalue weighted by Crippen LogP contribution is -2.14. The Morgan fingerprint density at radius 3 is 2.90 bits per heavy atom. The van der Waals surface area contributed by atoms with E-state index in [4.69, 9.17) is 27.9 Å². The summed E-state index contributed by atoms with van der Waals surface area (Å²) in [6.45, 7) is 1.03. The minimum atomic E-state index is -0.921. The Morgan fingerprint density at radius 2 is 2.20 bits per heavy atom. The zero-order chi connectivity index (χ0) is 14.7. The summed E-state index contributed by atoms with van der Waals surface area (Å²) in [5.41, 5.74) is 1.16. The predicted octanol–water partition coefficient (Wildman–Crippen LogP) is 3.68. The molecule has 1 aromatic heterocycles. The molecule has 0 bridgehead atoms. The SMILES string of the molecule is COCCn1ncc(Br)c1C(O)c1cc(Cl)ccc1Cl. The van der Waals surface area contributed by atoms with E-state index in [1.54, 1.807) is 36.2 Å². The zero-order valence-electron chi connectivity index (χ0n) is 10.7. The molecule has 1 aromatic carbocycles. The third kappa shape index (κ3) is 3.35. The fraction of sp³-hybridized carbons (Fsp3) is 0.308. The average molecular weight is 380 g/mol. The first-order valence-corrected chi connectivity index (χ1v) is 7.42. The van der Waals surface area contributed by atoms with Crippen molar-refractivity contribution in [2.24, 2.45) is 0 Å². The van der Waals surface area contributed by atoms with Crippen LogP contribution in [0.25, 0.3) is 0 Å². The molecular formula is C13H13BrCl2N2O2. The second-order valence-electron chi connectivity index (χ2n) is 4.16. The largest absolute Gasteiger partial charge is 0.383 e. The van der Waals surface area contributed by atoms with Crippen LogP contribution in [0.4, 0.5) is 0 Å². The minimum Gasteiger partial charge on any atom is -0.383 e. The molecule has 4 nitrogen and oxygen atoms in total. The van der Waals surface area contributed by atoms with Crippen LogP contribution < -0.4 is 0 Å². The molecular weight excluding hydrogens is 367 g/mol. The number of aliphatic hydroxyl groups is 1. The molecule has 0 amide bonds. The summed E-state index contributed by atoms with van der Waals surface area (Å²) in [4.78, 5) is 0. The van der Waals surface area contributed by atoms with Crippen molar-refractivity contribution in [1.82, 2.24) is 9.78 Å². The number of rotatable bonds is 5. The first kappa shape index (κ1) is 15.8. The summed E-state index contributed by atoms with van der Waals surface area (Å²) in [6.07, 6.45) is 0.710. The molecule has 108 valence electrons. The normalized spacial score (nSPS) is 12.7. The van der Waals surface area contributed by atoms with Crippen LogP contribution in [0.3, 0.4) is 0 Å². The van der Waals surface area contributed by atoms with Gasteiger partial charge >= 0.3 is 0 Å². The molecule has 0 radical (unpaired) electrons. The van der Waals surface area contributed by atoms with Gasteiger partial charge in [0.1, 0.15) is 6.10 Å². The van der Waals surface area contributed by atoms with Gasteiger partial charge in [0, 0.05) is 22.7 Å². The van der Waals surface area contributed by atoms with Crippen molar-refractivity contribution in [1.29, 1.82) is 0 Å². The van der Waals surface area contributed by atoms with Gasteiger partial charge in [0.2, 0.25) is 0 Å². The van der Waals surface area contributed by atoms with Crippen LogP contribution in [0.2, 0.25) is 10.0 Å². The molecule has 1 N–H and O–H groups in total. The first-order chi connectivity index (χ1) is 9.54. The molecule has 2 rings (SSSR count). The first-order valence-electron chi connectivity index (χ1n) is 5.87. The topological polar surface area (TPSA) is 47.3 Å². The van der Waals surface area contributed by atoms with E-state index < -0.39 is 6.10 Å². The van der Waals surface area contributed by atoms with Crippen molar-refractivity contribution in [2.45, 2.75) is 12.6 Å². The Morgan fingerprint density at radius 1 is 1.45 bits per heavy atom. The molecule has 1 heterocycles. The lowest BCUT2D eigenvalue weighted by atomic mass is 10.1. The highest BCUT2D eigenvalue weighted by Crippen LogP contribution is 2.33. The Balaban J connectivity index is 2.39. The Kier molecular flexibility index (Phi) is 5.46. The highest BCUT2D eigenvalue weighted by atomic mass is 79.9. The zero-order valence-corrected chi connectivity index (χ0v) is 13.8. The van der Waals surface area contributed by atoms with Gasteiger partial charge in [0.15, 0.2) is 0 Å². The number of hydrogen-bond acceptors (Lipinski definition) is 3. The standard InChI is InChI=1S/C13H13BrCl2N2O2/c1-20-5-4-18-12(10(14)7-17-18)13(19)9-6-8(15)2-3-11(9)16/h2-3,6-7,13,19H,4-5H2,1H3. The van der Waals surface area contributed by atoms with Crippen molar-refractivity contribution in [3.05, 3.63) is 50.2 Å². The summed E-state index contributed by atoms with van der Waals surface area (Å²) < 4.78 is 7.42. The summed E-state index contributed by atoms with van der Waals surface area (Å²) in [5.74, 6) is 0. The monoisotopic (exact) mass is 378 g/mol. The number of aliphatic hydroxyl groups excluding tert-OH is 1. The Hall–Kier alpha value is -0.590. The maximum absolute atomic E-state index is 10.6. The fourth-order valence-electron chi connectivity index (χ4n) is 1.87. The second-order valence-corrected chi connectivity index (χ2v) is 5.86. The third-order valence-electron chi connectivity index (χ3n) is 2.85. The summed E-state index contributed by atoms with van der Waals surface area (Å²) in [6, 6.07) is 4.98. The van der Waals surface area contributed by atoms with Gasteiger partial charge in [-0.15, -0.1) is 0 Å². The fourth-order valence-corrected chi connectivity index (χ4v) is 2.79. The van der Waals surface area contributed by atoms with Crippen LogP contribution >= 0.6 is 39.1 Å².